The van der Waals surface area contributed by atoms with Gasteiger partial charge in [0.15, 0.2) is 0 Å². The van der Waals surface area contributed by atoms with Crippen LogP contribution in [0.3, 0.4) is 0 Å². The molecule has 16 heavy (non-hydrogen) atoms. The summed E-state index contributed by atoms with van der Waals surface area (Å²) in [5.74, 6) is 0.890. The third-order valence-corrected chi connectivity index (χ3v) is 2.77. The minimum absolute atomic E-state index is 0.725. The smallest absolute Gasteiger partial charge is 0.128 e. The number of ether oxygens (including phenoxy) is 1. The standard InChI is InChI=1S/C13H16ClNO/c1-15(2)9-10-5-6-16-13-8-12(14)4-3-11(13)7-10/h3-4,7-8H,5-6,9H2,1-2H3. The highest BCUT2D eigenvalue weighted by Gasteiger charge is 2.10. The highest BCUT2D eigenvalue weighted by molar-refractivity contribution is 6.30. The number of benzene rings is 1. The van der Waals surface area contributed by atoms with E-state index in [0.29, 0.717) is 0 Å². The third kappa shape index (κ3) is 2.77. The average molecular weight is 238 g/mol. The zero-order valence-electron chi connectivity index (χ0n) is 9.66. The average Bonchev–Trinajstić information content (AvgIpc) is 2.38. The summed E-state index contributed by atoms with van der Waals surface area (Å²) in [4.78, 5) is 2.17. The molecule has 0 aromatic heterocycles. The van der Waals surface area contributed by atoms with E-state index in [1.807, 2.05) is 18.2 Å². The molecule has 0 saturated heterocycles. The monoisotopic (exact) mass is 237 g/mol. The van der Waals surface area contributed by atoms with Crippen LogP contribution < -0.4 is 4.74 Å². The van der Waals surface area contributed by atoms with E-state index in [4.69, 9.17) is 16.3 Å². The van der Waals surface area contributed by atoms with E-state index in [0.717, 1.165) is 35.9 Å². The van der Waals surface area contributed by atoms with E-state index >= 15 is 0 Å². The Morgan fingerprint density at radius 1 is 1.38 bits per heavy atom. The molecule has 86 valence electrons. The van der Waals surface area contributed by atoms with Gasteiger partial charge in [0.1, 0.15) is 5.75 Å². The molecule has 1 aromatic carbocycles. The van der Waals surface area contributed by atoms with E-state index < -0.39 is 0 Å². The lowest BCUT2D eigenvalue weighted by atomic mass is 10.1. The Morgan fingerprint density at radius 3 is 2.94 bits per heavy atom. The highest BCUT2D eigenvalue weighted by atomic mass is 35.5. The summed E-state index contributed by atoms with van der Waals surface area (Å²) in [6, 6.07) is 5.80. The van der Waals surface area contributed by atoms with Crippen LogP contribution in [-0.4, -0.2) is 32.1 Å². The summed E-state index contributed by atoms with van der Waals surface area (Å²) < 4.78 is 5.69. The summed E-state index contributed by atoms with van der Waals surface area (Å²) in [5, 5.41) is 0.725. The van der Waals surface area contributed by atoms with E-state index in [9.17, 15) is 0 Å². The van der Waals surface area contributed by atoms with Crippen molar-refractivity contribution in [3.63, 3.8) is 0 Å². The molecule has 0 radical (unpaired) electrons. The fourth-order valence-electron chi connectivity index (χ4n) is 1.87. The molecule has 0 saturated carbocycles. The van der Waals surface area contributed by atoms with Gasteiger partial charge in [-0.25, -0.2) is 0 Å². The predicted octanol–water partition coefficient (Wildman–Crippen LogP) is 3.07. The SMILES string of the molecule is CN(C)CC1=Cc2ccc(Cl)cc2OCC1. The molecule has 3 heteroatoms. The molecule has 0 aliphatic carbocycles. The van der Waals surface area contributed by atoms with Crippen LogP contribution >= 0.6 is 11.6 Å². The highest BCUT2D eigenvalue weighted by Crippen LogP contribution is 2.28. The number of fused-ring (bicyclic) bond motifs is 1. The Labute approximate surface area is 101 Å². The van der Waals surface area contributed by atoms with Gasteiger partial charge in [0.25, 0.3) is 0 Å². The molecule has 1 aliphatic rings. The second-order valence-electron chi connectivity index (χ2n) is 4.32. The van der Waals surface area contributed by atoms with Crippen LogP contribution in [0.2, 0.25) is 5.02 Å². The van der Waals surface area contributed by atoms with Gasteiger partial charge in [-0.3, -0.25) is 0 Å². The molecule has 0 spiro atoms. The fourth-order valence-corrected chi connectivity index (χ4v) is 2.03. The minimum Gasteiger partial charge on any atom is -0.493 e. The van der Waals surface area contributed by atoms with Gasteiger partial charge < -0.3 is 9.64 Å². The van der Waals surface area contributed by atoms with Gasteiger partial charge in [0.2, 0.25) is 0 Å². The van der Waals surface area contributed by atoms with Crippen molar-refractivity contribution >= 4 is 17.7 Å². The Morgan fingerprint density at radius 2 is 2.19 bits per heavy atom. The summed E-state index contributed by atoms with van der Waals surface area (Å²) in [7, 11) is 4.16. The molecule has 1 heterocycles. The first-order chi connectivity index (χ1) is 7.65. The molecule has 1 aliphatic heterocycles. The largest absolute Gasteiger partial charge is 0.493 e. The Kier molecular flexibility index (Phi) is 3.52. The zero-order chi connectivity index (χ0) is 11.5. The lowest BCUT2D eigenvalue weighted by Crippen LogP contribution is -2.15. The first-order valence-electron chi connectivity index (χ1n) is 5.41. The second-order valence-corrected chi connectivity index (χ2v) is 4.76. The van der Waals surface area contributed by atoms with Crippen LogP contribution in [0.1, 0.15) is 12.0 Å². The molecule has 0 fully saturated rings. The number of likely N-dealkylation sites (N-methyl/N-ethyl adjacent to an activating group) is 1. The predicted molar refractivity (Wildman–Crippen MR) is 68.1 cm³/mol. The first-order valence-corrected chi connectivity index (χ1v) is 5.79. The van der Waals surface area contributed by atoms with Crippen molar-refractivity contribution < 1.29 is 4.74 Å². The maximum Gasteiger partial charge on any atom is 0.128 e. The van der Waals surface area contributed by atoms with Crippen LogP contribution in [0, 0.1) is 0 Å². The minimum atomic E-state index is 0.725. The van der Waals surface area contributed by atoms with E-state index in [2.05, 4.69) is 25.1 Å². The van der Waals surface area contributed by atoms with Crippen LogP contribution in [0.5, 0.6) is 5.75 Å². The number of rotatable bonds is 2. The van der Waals surface area contributed by atoms with Crippen LogP contribution in [-0.2, 0) is 0 Å². The number of halogens is 1. The molecule has 2 nitrogen and oxygen atoms in total. The fraction of sp³-hybridized carbons (Fsp3) is 0.385. The second kappa shape index (κ2) is 4.89. The number of hydrogen-bond donors (Lipinski definition) is 0. The van der Waals surface area contributed by atoms with Crippen molar-refractivity contribution in [2.24, 2.45) is 0 Å². The third-order valence-electron chi connectivity index (χ3n) is 2.54. The number of nitrogens with zero attached hydrogens (tertiary/aromatic N) is 1. The quantitative estimate of drug-likeness (QED) is 0.784. The molecular formula is C13H16ClNO. The van der Waals surface area contributed by atoms with Crippen molar-refractivity contribution in [3.05, 3.63) is 34.4 Å². The maximum atomic E-state index is 5.94. The molecule has 2 rings (SSSR count). The molecule has 1 aromatic rings. The van der Waals surface area contributed by atoms with Gasteiger partial charge >= 0.3 is 0 Å². The van der Waals surface area contributed by atoms with Gasteiger partial charge in [-0.1, -0.05) is 23.3 Å². The number of hydrogen-bond acceptors (Lipinski definition) is 2. The van der Waals surface area contributed by atoms with Crippen LogP contribution in [0.25, 0.3) is 6.08 Å². The van der Waals surface area contributed by atoms with Gasteiger partial charge in [0, 0.05) is 23.6 Å². The normalized spacial score (nSPS) is 15.1. The van der Waals surface area contributed by atoms with E-state index in [1.165, 1.54) is 5.57 Å². The van der Waals surface area contributed by atoms with Crippen molar-refractivity contribution in [3.8, 4) is 5.75 Å². The summed E-state index contributed by atoms with van der Waals surface area (Å²) in [6.45, 7) is 1.71. The lowest BCUT2D eigenvalue weighted by Gasteiger charge is -2.11. The Balaban J connectivity index is 2.29. The van der Waals surface area contributed by atoms with Crippen molar-refractivity contribution in [1.82, 2.24) is 4.90 Å². The van der Waals surface area contributed by atoms with Gasteiger partial charge in [-0.05, 0) is 32.3 Å². The summed E-state index contributed by atoms with van der Waals surface area (Å²) in [6.07, 6.45) is 3.18. The van der Waals surface area contributed by atoms with Crippen molar-refractivity contribution in [1.29, 1.82) is 0 Å². The summed E-state index contributed by atoms with van der Waals surface area (Å²) >= 11 is 5.94. The molecule has 0 bridgehead atoms. The van der Waals surface area contributed by atoms with Gasteiger partial charge in [-0.15, -0.1) is 0 Å². The van der Waals surface area contributed by atoms with Crippen molar-refractivity contribution in [2.75, 3.05) is 27.2 Å². The summed E-state index contributed by atoms with van der Waals surface area (Å²) in [5.41, 5.74) is 2.52. The van der Waals surface area contributed by atoms with E-state index in [1.54, 1.807) is 0 Å². The topological polar surface area (TPSA) is 12.5 Å². The molecule has 0 atom stereocenters. The molecule has 0 N–H and O–H groups in total. The molecule has 0 unspecified atom stereocenters. The van der Waals surface area contributed by atoms with Gasteiger partial charge in [-0.2, -0.15) is 0 Å². The first kappa shape index (κ1) is 11.5. The Hall–Kier alpha value is -0.990. The van der Waals surface area contributed by atoms with Crippen LogP contribution in [0.15, 0.2) is 23.8 Å². The zero-order valence-corrected chi connectivity index (χ0v) is 10.4. The van der Waals surface area contributed by atoms with Crippen LogP contribution in [0.4, 0.5) is 0 Å². The van der Waals surface area contributed by atoms with Gasteiger partial charge in [0.05, 0.1) is 6.61 Å². The lowest BCUT2D eigenvalue weighted by molar-refractivity contribution is 0.318. The molecular weight excluding hydrogens is 222 g/mol. The van der Waals surface area contributed by atoms with E-state index in [-0.39, 0.29) is 0 Å². The molecule has 0 amide bonds. The van der Waals surface area contributed by atoms with Crippen molar-refractivity contribution in [2.45, 2.75) is 6.42 Å². The maximum absolute atomic E-state index is 5.94. The Bertz CT molecular complexity index is 412.